The Morgan fingerprint density at radius 2 is 1.88 bits per heavy atom. The van der Waals surface area contributed by atoms with E-state index in [2.05, 4.69) is 10.1 Å². The van der Waals surface area contributed by atoms with Crippen LogP contribution in [0.2, 0.25) is 0 Å². The van der Waals surface area contributed by atoms with E-state index >= 15 is 0 Å². The van der Waals surface area contributed by atoms with E-state index in [1.54, 1.807) is 12.1 Å². The quantitative estimate of drug-likeness (QED) is 0.424. The largest absolute Gasteiger partial charge is 0.508 e. The molecule has 2 heterocycles. The second-order valence-electron chi connectivity index (χ2n) is 5.19. The van der Waals surface area contributed by atoms with Crippen LogP contribution in [0, 0.1) is 0 Å². The molecule has 0 spiro atoms. The number of aromatic nitrogens is 1. The van der Waals surface area contributed by atoms with Gasteiger partial charge in [0.1, 0.15) is 16.3 Å². The first-order chi connectivity index (χ1) is 11.7. The highest BCUT2D eigenvalue weighted by atomic mass is 32.1. The van der Waals surface area contributed by atoms with E-state index in [0.717, 1.165) is 16.6 Å². The number of hydrogen-bond donors (Lipinski definition) is 2. The van der Waals surface area contributed by atoms with Gasteiger partial charge in [-0.05, 0) is 23.4 Å². The van der Waals surface area contributed by atoms with Crippen molar-refractivity contribution in [3.63, 3.8) is 0 Å². The van der Waals surface area contributed by atoms with Crippen LogP contribution in [0.1, 0.15) is 0 Å². The van der Waals surface area contributed by atoms with E-state index in [0.29, 0.717) is 16.2 Å². The summed E-state index contributed by atoms with van der Waals surface area (Å²) in [6, 6.07) is 16.5. The molecule has 0 amide bonds. The van der Waals surface area contributed by atoms with Gasteiger partial charge in [-0.2, -0.15) is 0 Å². The van der Waals surface area contributed by atoms with Crippen LogP contribution in [0.4, 0.5) is 0 Å². The van der Waals surface area contributed by atoms with Crippen LogP contribution >= 0.6 is 11.3 Å². The topological polar surface area (TPSA) is 78.9 Å². The lowest BCUT2D eigenvalue weighted by Crippen LogP contribution is -2.05. The molecule has 118 valence electrons. The number of benzene rings is 2. The van der Waals surface area contributed by atoms with Crippen molar-refractivity contribution in [1.29, 1.82) is 0 Å². The van der Waals surface area contributed by atoms with Gasteiger partial charge in [0.05, 0.1) is 11.3 Å². The normalized spacial score (nSPS) is 11.9. The van der Waals surface area contributed by atoms with Gasteiger partial charge in [-0.1, -0.05) is 30.3 Å². The Morgan fingerprint density at radius 1 is 1.04 bits per heavy atom. The van der Waals surface area contributed by atoms with Crippen LogP contribution in [0.3, 0.4) is 0 Å². The SMILES string of the molecule is ON=c1oc2cc(O)ccc2cc1-c1nc(-c2ccccc2)cs1. The summed E-state index contributed by atoms with van der Waals surface area (Å²) in [4.78, 5) is 4.62. The number of phenolic OH excluding ortho intramolecular Hbond substituents is 1. The van der Waals surface area contributed by atoms with E-state index in [1.807, 2.05) is 41.8 Å². The van der Waals surface area contributed by atoms with Gasteiger partial charge < -0.3 is 14.7 Å². The molecule has 0 saturated heterocycles. The molecule has 0 bridgehead atoms. The van der Waals surface area contributed by atoms with Gasteiger partial charge in [-0.3, -0.25) is 0 Å². The van der Waals surface area contributed by atoms with Crippen molar-refractivity contribution in [1.82, 2.24) is 4.98 Å². The lowest BCUT2D eigenvalue weighted by molar-refractivity contribution is 0.277. The molecule has 0 saturated carbocycles. The molecule has 4 rings (SSSR count). The zero-order chi connectivity index (χ0) is 16.5. The minimum absolute atomic E-state index is 0.0575. The maximum Gasteiger partial charge on any atom is 0.265 e. The third-order valence-electron chi connectivity index (χ3n) is 3.63. The predicted molar refractivity (Wildman–Crippen MR) is 91.8 cm³/mol. The minimum Gasteiger partial charge on any atom is -0.508 e. The molecular formula is C18H12N2O3S. The molecule has 2 aromatic heterocycles. The van der Waals surface area contributed by atoms with Crippen LogP contribution in [0.5, 0.6) is 5.75 Å². The summed E-state index contributed by atoms with van der Waals surface area (Å²) in [5.74, 6) is 0.0866. The standard InChI is InChI=1S/C18H12N2O3S/c21-13-7-6-12-8-14(17(20-22)23-16(12)9-13)18-19-15(10-24-18)11-4-2-1-3-5-11/h1-10,21-22H. The van der Waals surface area contributed by atoms with Crippen molar-refractivity contribution in [2.24, 2.45) is 5.16 Å². The van der Waals surface area contributed by atoms with Gasteiger partial charge in [0.2, 0.25) is 0 Å². The van der Waals surface area contributed by atoms with Gasteiger partial charge >= 0.3 is 0 Å². The molecular weight excluding hydrogens is 324 g/mol. The Balaban J connectivity index is 1.87. The molecule has 0 aliphatic heterocycles. The van der Waals surface area contributed by atoms with Crippen molar-refractivity contribution in [2.75, 3.05) is 0 Å². The molecule has 4 aromatic rings. The summed E-state index contributed by atoms with van der Waals surface area (Å²) in [7, 11) is 0. The Labute approximate surface area is 140 Å². The number of phenols is 1. The van der Waals surface area contributed by atoms with E-state index in [1.165, 1.54) is 17.4 Å². The second-order valence-corrected chi connectivity index (χ2v) is 6.05. The highest BCUT2D eigenvalue weighted by molar-refractivity contribution is 7.13. The first-order valence-electron chi connectivity index (χ1n) is 7.21. The molecule has 24 heavy (non-hydrogen) atoms. The number of aromatic hydroxyl groups is 1. The summed E-state index contributed by atoms with van der Waals surface area (Å²) in [5, 5.41) is 25.5. The molecule has 0 radical (unpaired) electrons. The fourth-order valence-electron chi connectivity index (χ4n) is 2.47. The number of hydrogen-bond acceptors (Lipinski definition) is 6. The van der Waals surface area contributed by atoms with Gasteiger partial charge in [0, 0.05) is 22.4 Å². The predicted octanol–water partition coefficient (Wildman–Crippen LogP) is 4.22. The van der Waals surface area contributed by atoms with Crippen molar-refractivity contribution in [3.05, 3.63) is 65.5 Å². The zero-order valence-corrected chi connectivity index (χ0v) is 13.2. The molecule has 2 aromatic carbocycles. The fourth-order valence-corrected chi connectivity index (χ4v) is 3.31. The molecule has 6 heteroatoms. The summed E-state index contributed by atoms with van der Waals surface area (Å²) in [6.45, 7) is 0. The zero-order valence-electron chi connectivity index (χ0n) is 12.4. The van der Waals surface area contributed by atoms with Crippen LogP contribution in [-0.2, 0) is 0 Å². The van der Waals surface area contributed by atoms with Gasteiger partial charge in [0.15, 0.2) is 0 Å². The van der Waals surface area contributed by atoms with E-state index in [9.17, 15) is 10.3 Å². The number of fused-ring (bicyclic) bond motifs is 1. The number of rotatable bonds is 2. The molecule has 0 fully saturated rings. The highest BCUT2D eigenvalue weighted by Gasteiger charge is 2.12. The fraction of sp³-hybridized carbons (Fsp3) is 0. The smallest absolute Gasteiger partial charge is 0.265 e. The van der Waals surface area contributed by atoms with Gasteiger partial charge in [0.25, 0.3) is 5.55 Å². The maximum absolute atomic E-state index is 9.55. The average Bonchev–Trinajstić information content (AvgIpc) is 3.11. The third-order valence-corrected chi connectivity index (χ3v) is 4.50. The first kappa shape index (κ1) is 14.5. The summed E-state index contributed by atoms with van der Waals surface area (Å²) < 4.78 is 5.58. The molecule has 2 N–H and O–H groups in total. The summed E-state index contributed by atoms with van der Waals surface area (Å²) in [5.41, 5.74) is 2.96. The van der Waals surface area contributed by atoms with E-state index < -0.39 is 0 Å². The second kappa shape index (κ2) is 5.82. The highest BCUT2D eigenvalue weighted by Crippen LogP contribution is 2.29. The monoisotopic (exact) mass is 336 g/mol. The first-order valence-corrected chi connectivity index (χ1v) is 8.09. The Bertz CT molecular complexity index is 1080. The Kier molecular flexibility index (Phi) is 3.51. The summed E-state index contributed by atoms with van der Waals surface area (Å²) in [6.07, 6.45) is 0. The van der Waals surface area contributed by atoms with Crippen molar-refractivity contribution >= 4 is 22.3 Å². The molecule has 0 atom stereocenters. The van der Waals surface area contributed by atoms with Crippen LogP contribution in [0.25, 0.3) is 32.8 Å². The van der Waals surface area contributed by atoms with Gasteiger partial charge in [-0.15, -0.1) is 11.3 Å². The van der Waals surface area contributed by atoms with Crippen LogP contribution < -0.4 is 5.55 Å². The molecule has 5 nitrogen and oxygen atoms in total. The lowest BCUT2D eigenvalue weighted by Gasteiger charge is -2.02. The molecule has 0 aliphatic carbocycles. The van der Waals surface area contributed by atoms with Crippen molar-refractivity contribution in [3.8, 4) is 27.6 Å². The summed E-state index contributed by atoms with van der Waals surface area (Å²) >= 11 is 1.45. The van der Waals surface area contributed by atoms with Crippen LogP contribution in [-0.4, -0.2) is 15.3 Å². The van der Waals surface area contributed by atoms with E-state index in [4.69, 9.17) is 4.42 Å². The Morgan fingerprint density at radius 3 is 2.67 bits per heavy atom. The minimum atomic E-state index is 0.0575. The lowest BCUT2D eigenvalue weighted by atomic mass is 10.1. The van der Waals surface area contributed by atoms with Crippen LogP contribution in [0.15, 0.2) is 69.6 Å². The van der Waals surface area contributed by atoms with Gasteiger partial charge in [-0.25, -0.2) is 4.98 Å². The Hall–Kier alpha value is -3.12. The molecule has 0 unspecified atom stereocenters. The maximum atomic E-state index is 9.55. The molecule has 0 aliphatic rings. The van der Waals surface area contributed by atoms with Crippen molar-refractivity contribution in [2.45, 2.75) is 0 Å². The number of nitrogens with zero attached hydrogens (tertiary/aromatic N) is 2. The average molecular weight is 336 g/mol. The van der Waals surface area contributed by atoms with E-state index in [-0.39, 0.29) is 11.3 Å². The number of thiazole rings is 1. The van der Waals surface area contributed by atoms with Crippen molar-refractivity contribution < 1.29 is 14.7 Å². The third kappa shape index (κ3) is 2.53.